The number of phenols is 2. The van der Waals surface area contributed by atoms with E-state index in [1.54, 1.807) is 36.4 Å². The van der Waals surface area contributed by atoms with E-state index in [-0.39, 0.29) is 39.7 Å². The van der Waals surface area contributed by atoms with Crippen molar-refractivity contribution in [2.45, 2.75) is 19.3 Å². The fourth-order valence-corrected chi connectivity index (χ4v) is 6.54. The molecule has 0 fully saturated rings. The Hall–Kier alpha value is -7.20. The molecule has 0 aliphatic carbocycles. The second-order valence-electron chi connectivity index (χ2n) is 12.9. The Balaban J connectivity index is 0.882. The highest BCUT2D eigenvalue weighted by Gasteiger charge is 2.38. The van der Waals surface area contributed by atoms with Crippen LogP contribution in [0.25, 0.3) is 0 Å². The normalized spacial score (nSPS) is 14.0. The van der Waals surface area contributed by atoms with Crippen molar-refractivity contribution in [3.05, 3.63) is 167 Å². The molecule has 4 amide bonds. The number of imide groups is 2. The average Bonchev–Trinajstić information content (AvgIpc) is 3.56. The molecule has 1 unspecified atom stereocenters. The summed E-state index contributed by atoms with van der Waals surface area (Å²) in [6, 6.07) is 36.8. The van der Waals surface area contributed by atoms with Crippen molar-refractivity contribution in [3.8, 4) is 34.5 Å². The lowest BCUT2D eigenvalue weighted by atomic mass is 9.94. The summed E-state index contributed by atoms with van der Waals surface area (Å²) in [5.41, 5.74) is 4.03. The first kappa shape index (κ1) is 33.0. The Kier molecular flexibility index (Phi) is 8.19. The van der Waals surface area contributed by atoms with Crippen LogP contribution in [0.5, 0.6) is 34.5 Å². The molecule has 2 N–H and O–H groups in total. The fourth-order valence-electron chi connectivity index (χ4n) is 6.54. The third-order valence-electron chi connectivity index (χ3n) is 9.32. The largest absolute Gasteiger partial charge is 0.508 e. The Morgan fingerprint density at radius 3 is 1.28 bits per heavy atom. The van der Waals surface area contributed by atoms with Crippen molar-refractivity contribution in [1.29, 1.82) is 0 Å². The van der Waals surface area contributed by atoms with Crippen LogP contribution in [0.15, 0.2) is 133 Å². The van der Waals surface area contributed by atoms with Crippen LogP contribution in [-0.2, 0) is 6.42 Å². The van der Waals surface area contributed by atoms with E-state index in [2.05, 4.69) is 6.92 Å². The second-order valence-corrected chi connectivity index (χ2v) is 12.9. The minimum atomic E-state index is -0.457. The van der Waals surface area contributed by atoms with E-state index in [1.165, 1.54) is 48.5 Å². The molecule has 8 rings (SSSR count). The Morgan fingerprint density at radius 2 is 0.849 bits per heavy atom. The van der Waals surface area contributed by atoms with E-state index < -0.39 is 23.6 Å². The van der Waals surface area contributed by atoms with Crippen LogP contribution in [0.4, 0.5) is 11.4 Å². The third kappa shape index (κ3) is 6.23. The first-order valence-electron chi connectivity index (χ1n) is 16.8. The monoisotopic (exact) mass is 702 g/mol. The quantitative estimate of drug-likeness (QED) is 0.143. The first-order chi connectivity index (χ1) is 25.6. The smallest absolute Gasteiger partial charge is 0.266 e. The molecule has 10 heteroatoms. The summed E-state index contributed by atoms with van der Waals surface area (Å²) in [5.74, 6) is 0.506. The lowest BCUT2D eigenvalue weighted by Crippen LogP contribution is -2.29. The summed E-state index contributed by atoms with van der Waals surface area (Å²) in [5, 5.41) is 19.2. The Bertz CT molecular complexity index is 2420. The summed E-state index contributed by atoms with van der Waals surface area (Å²) < 4.78 is 12.1. The second kappa shape index (κ2) is 13.2. The van der Waals surface area contributed by atoms with Crippen molar-refractivity contribution in [2.24, 2.45) is 0 Å². The molecule has 10 nitrogen and oxygen atoms in total. The zero-order valence-corrected chi connectivity index (χ0v) is 28.2. The average molecular weight is 703 g/mol. The highest BCUT2D eigenvalue weighted by Crippen LogP contribution is 2.35. The van der Waals surface area contributed by atoms with Crippen molar-refractivity contribution in [3.63, 3.8) is 0 Å². The standard InChI is InChI=1S/C43H30N2O8/c1-25(27-4-16-33(17-5-27)53-35-19-21-37-39(24-35)43(51)45(41(37)49)29-8-12-31(47)13-9-29)22-26-2-14-32(15-3-26)52-34-18-20-36-38(23-34)42(50)44(40(36)48)28-6-10-30(46)11-7-28/h2-21,23-25,46-47H,22H2,1H3. The topological polar surface area (TPSA) is 134 Å². The number of carbonyl (C=O) groups is 4. The number of rotatable bonds is 9. The van der Waals surface area contributed by atoms with E-state index in [1.807, 2.05) is 48.5 Å². The van der Waals surface area contributed by atoms with Gasteiger partial charge in [0.05, 0.1) is 33.6 Å². The molecule has 1 atom stereocenters. The number of nitrogens with zero attached hydrogens (tertiary/aromatic N) is 2. The van der Waals surface area contributed by atoms with Crippen molar-refractivity contribution in [2.75, 3.05) is 9.80 Å². The van der Waals surface area contributed by atoms with Crippen LogP contribution >= 0.6 is 0 Å². The molecule has 53 heavy (non-hydrogen) atoms. The van der Waals surface area contributed by atoms with Gasteiger partial charge in [-0.05, 0) is 133 Å². The van der Waals surface area contributed by atoms with E-state index in [0.29, 0.717) is 34.4 Å². The number of benzene rings is 6. The highest BCUT2D eigenvalue weighted by atomic mass is 16.5. The van der Waals surface area contributed by atoms with E-state index in [0.717, 1.165) is 27.3 Å². The molecule has 260 valence electrons. The van der Waals surface area contributed by atoms with Crippen LogP contribution in [0.2, 0.25) is 0 Å². The zero-order chi connectivity index (χ0) is 36.8. The molecule has 2 heterocycles. The number of hydrogen-bond acceptors (Lipinski definition) is 8. The maximum atomic E-state index is 13.1. The molecule has 6 aromatic carbocycles. The van der Waals surface area contributed by atoms with Gasteiger partial charge < -0.3 is 19.7 Å². The molecule has 0 bridgehead atoms. The molecule has 0 spiro atoms. The van der Waals surface area contributed by atoms with Gasteiger partial charge in [0.2, 0.25) is 0 Å². The van der Waals surface area contributed by atoms with Gasteiger partial charge in [-0.3, -0.25) is 19.2 Å². The predicted molar refractivity (Wildman–Crippen MR) is 197 cm³/mol. The summed E-state index contributed by atoms with van der Waals surface area (Å²) in [6.07, 6.45) is 0.765. The van der Waals surface area contributed by atoms with Gasteiger partial charge in [-0.25, -0.2) is 9.80 Å². The maximum Gasteiger partial charge on any atom is 0.266 e. The van der Waals surface area contributed by atoms with Gasteiger partial charge in [-0.15, -0.1) is 0 Å². The number of amides is 4. The van der Waals surface area contributed by atoms with Gasteiger partial charge in [0.1, 0.15) is 34.5 Å². The third-order valence-corrected chi connectivity index (χ3v) is 9.32. The maximum absolute atomic E-state index is 13.1. The summed E-state index contributed by atoms with van der Waals surface area (Å²) in [6.45, 7) is 2.13. The van der Waals surface area contributed by atoms with Crippen LogP contribution in [0, 0.1) is 0 Å². The number of carbonyl (C=O) groups excluding carboxylic acids is 4. The summed E-state index contributed by atoms with van der Waals surface area (Å²) in [7, 11) is 0. The van der Waals surface area contributed by atoms with Gasteiger partial charge in [-0.2, -0.15) is 0 Å². The molecule has 0 saturated carbocycles. The number of phenolic OH excluding ortho intramolecular Hbond substituents is 2. The van der Waals surface area contributed by atoms with Gasteiger partial charge in [-0.1, -0.05) is 31.2 Å². The van der Waals surface area contributed by atoms with Crippen molar-refractivity contribution in [1.82, 2.24) is 0 Å². The van der Waals surface area contributed by atoms with E-state index >= 15 is 0 Å². The lowest BCUT2D eigenvalue weighted by Gasteiger charge is -2.14. The molecular formula is C43H30N2O8. The number of hydrogen-bond donors (Lipinski definition) is 2. The minimum Gasteiger partial charge on any atom is -0.508 e. The number of ether oxygens (including phenoxy) is 2. The number of fused-ring (bicyclic) bond motifs is 2. The van der Waals surface area contributed by atoms with Gasteiger partial charge in [0.25, 0.3) is 23.6 Å². The molecule has 0 saturated heterocycles. The van der Waals surface area contributed by atoms with Crippen LogP contribution in [0.1, 0.15) is 65.4 Å². The lowest BCUT2D eigenvalue weighted by molar-refractivity contribution is 0.0910. The van der Waals surface area contributed by atoms with E-state index in [4.69, 9.17) is 9.47 Å². The Labute approximate surface area is 303 Å². The molecule has 0 aromatic heterocycles. The summed E-state index contributed by atoms with van der Waals surface area (Å²) >= 11 is 0. The van der Waals surface area contributed by atoms with E-state index in [9.17, 15) is 29.4 Å². The molecule has 2 aliphatic heterocycles. The summed E-state index contributed by atoms with van der Waals surface area (Å²) in [4.78, 5) is 54.4. The molecule has 6 aromatic rings. The van der Waals surface area contributed by atoms with Gasteiger partial charge in [0, 0.05) is 0 Å². The Morgan fingerprint density at radius 1 is 0.472 bits per heavy atom. The van der Waals surface area contributed by atoms with Crippen molar-refractivity contribution < 1.29 is 38.9 Å². The minimum absolute atomic E-state index is 0.0392. The van der Waals surface area contributed by atoms with Gasteiger partial charge >= 0.3 is 0 Å². The molecular weight excluding hydrogens is 672 g/mol. The SMILES string of the molecule is CC(Cc1ccc(Oc2ccc3c(c2)C(=O)N(c2ccc(O)cc2)C3=O)cc1)c1ccc(Oc2ccc3c(c2)C(=O)N(c2ccc(O)cc2)C3=O)cc1. The molecule has 2 aliphatic rings. The number of aromatic hydroxyl groups is 2. The van der Waals surface area contributed by atoms with Crippen LogP contribution in [-0.4, -0.2) is 33.8 Å². The first-order valence-corrected chi connectivity index (χ1v) is 16.8. The zero-order valence-electron chi connectivity index (χ0n) is 28.2. The number of anilines is 2. The fraction of sp³-hybridized carbons (Fsp3) is 0.0698. The highest BCUT2D eigenvalue weighted by molar-refractivity contribution is 6.35. The van der Waals surface area contributed by atoms with Crippen molar-refractivity contribution >= 4 is 35.0 Å². The van der Waals surface area contributed by atoms with Crippen LogP contribution < -0.4 is 19.3 Å². The molecule has 0 radical (unpaired) electrons. The van der Waals surface area contributed by atoms with Gasteiger partial charge in [0.15, 0.2) is 0 Å². The predicted octanol–water partition coefficient (Wildman–Crippen LogP) is 8.63. The van der Waals surface area contributed by atoms with Crippen LogP contribution in [0.3, 0.4) is 0 Å².